The normalized spacial score (nSPS) is 11.4. The Labute approximate surface area is 137 Å². The highest BCUT2D eigenvalue weighted by molar-refractivity contribution is 7.92. The molecule has 0 bridgehead atoms. The molecule has 0 spiro atoms. The van der Waals surface area contributed by atoms with Crippen LogP contribution >= 0.6 is 34.8 Å². The molecule has 2 rings (SSSR count). The minimum Gasteiger partial charge on any atom is -0.397 e. The molecule has 2 aromatic rings. The number of benzene rings is 2. The summed E-state index contributed by atoms with van der Waals surface area (Å²) in [5, 5.41) is 0.929. The quantitative estimate of drug-likeness (QED) is 0.795. The molecular weight excluding hydrogens is 355 g/mol. The lowest BCUT2D eigenvalue weighted by Gasteiger charge is -2.11. The van der Waals surface area contributed by atoms with Gasteiger partial charge in [-0.1, -0.05) is 34.8 Å². The Morgan fingerprint density at radius 2 is 1.71 bits per heavy atom. The molecule has 2 aromatic carbocycles. The number of hydrogen-bond donors (Lipinski definition) is 2. The number of anilines is 2. The average molecular weight is 366 g/mol. The summed E-state index contributed by atoms with van der Waals surface area (Å²) in [5.41, 5.74) is 6.77. The fraction of sp³-hybridized carbons (Fsp3) is 0.0769. The molecule has 0 aliphatic heterocycles. The number of halogens is 3. The van der Waals surface area contributed by atoms with E-state index in [9.17, 15) is 8.42 Å². The lowest BCUT2D eigenvalue weighted by molar-refractivity contribution is 0.601. The van der Waals surface area contributed by atoms with E-state index in [1.807, 2.05) is 0 Å². The first-order chi connectivity index (χ1) is 9.70. The summed E-state index contributed by atoms with van der Waals surface area (Å²) in [4.78, 5) is 0.0213. The predicted molar refractivity (Wildman–Crippen MR) is 87.9 cm³/mol. The van der Waals surface area contributed by atoms with E-state index >= 15 is 0 Å². The molecule has 0 fully saturated rings. The molecule has 0 saturated heterocycles. The van der Waals surface area contributed by atoms with E-state index in [1.165, 1.54) is 30.3 Å². The van der Waals surface area contributed by atoms with Gasteiger partial charge in [-0.2, -0.15) is 0 Å². The van der Waals surface area contributed by atoms with Crippen molar-refractivity contribution in [2.24, 2.45) is 0 Å². The first kappa shape index (κ1) is 16.2. The van der Waals surface area contributed by atoms with Gasteiger partial charge < -0.3 is 5.73 Å². The second kappa shape index (κ2) is 5.93. The Hall–Kier alpha value is -1.14. The number of nitrogens with one attached hydrogen (secondary N) is 1. The Bertz CT molecular complexity index is 784. The Morgan fingerprint density at radius 1 is 1.05 bits per heavy atom. The van der Waals surface area contributed by atoms with Crippen molar-refractivity contribution in [1.29, 1.82) is 0 Å². The third-order valence-corrected chi connectivity index (χ3v) is 5.35. The zero-order valence-corrected chi connectivity index (χ0v) is 13.9. The summed E-state index contributed by atoms with van der Waals surface area (Å²) in [5.74, 6) is 0. The van der Waals surface area contributed by atoms with Crippen LogP contribution in [0, 0.1) is 6.92 Å². The molecule has 21 heavy (non-hydrogen) atoms. The topological polar surface area (TPSA) is 72.2 Å². The van der Waals surface area contributed by atoms with Crippen LogP contribution in [-0.2, 0) is 10.0 Å². The van der Waals surface area contributed by atoms with Gasteiger partial charge in [-0.25, -0.2) is 8.42 Å². The van der Waals surface area contributed by atoms with Crippen molar-refractivity contribution in [1.82, 2.24) is 0 Å². The minimum atomic E-state index is -3.80. The van der Waals surface area contributed by atoms with E-state index < -0.39 is 10.0 Å². The maximum Gasteiger partial charge on any atom is 0.261 e. The highest BCUT2D eigenvalue weighted by Gasteiger charge is 2.17. The fourth-order valence-corrected chi connectivity index (χ4v) is 3.27. The predicted octanol–water partition coefficient (Wildman–Crippen LogP) is 4.34. The van der Waals surface area contributed by atoms with Crippen LogP contribution in [0.15, 0.2) is 35.2 Å². The number of rotatable bonds is 3. The van der Waals surface area contributed by atoms with E-state index in [-0.39, 0.29) is 15.6 Å². The van der Waals surface area contributed by atoms with Gasteiger partial charge in [0.15, 0.2) is 0 Å². The van der Waals surface area contributed by atoms with Crippen molar-refractivity contribution in [3.05, 3.63) is 51.0 Å². The molecule has 8 heteroatoms. The number of nitrogen functional groups attached to an aromatic ring is 1. The van der Waals surface area contributed by atoms with E-state index in [2.05, 4.69) is 4.72 Å². The summed E-state index contributed by atoms with van der Waals surface area (Å²) in [6.45, 7) is 1.68. The van der Waals surface area contributed by atoms with Crippen LogP contribution in [-0.4, -0.2) is 8.42 Å². The highest BCUT2D eigenvalue weighted by Crippen LogP contribution is 2.29. The molecule has 112 valence electrons. The van der Waals surface area contributed by atoms with Crippen molar-refractivity contribution in [2.75, 3.05) is 10.5 Å². The maximum absolute atomic E-state index is 12.3. The van der Waals surface area contributed by atoms with Gasteiger partial charge in [-0.3, -0.25) is 4.72 Å². The lowest BCUT2D eigenvalue weighted by Crippen LogP contribution is -2.13. The molecule has 0 aliphatic rings. The molecule has 4 nitrogen and oxygen atoms in total. The van der Waals surface area contributed by atoms with E-state index in [0.29, 0.717) is 21.3 Å². The maximum atomic E-state index is 12.3. The SMILES string of the molecule is Cc1cc(S(=O)(=O)Nc2ccc(Cl)c(Cl)c2)cc(N)c1Cl. The smallest absolute Gasteiger partial charge is 0.261 e. The number of sulfonamides is 1. The molecular formula is C13H11Cl3N2O2S. The lowest BCUT2D eigenvalue weighted by atomic mass is 10.2. The molecule has 0 aliphatic carbocycles. The van der Waals surface area contributed by atoms with Crippen LogP contribution in [0.5, 0.6) is 0 Å². The van der Waals surface area contributed by atoms with Crippen LogP contribution < -0.4 is 10.5 Å². The second-order valence-corrected chi connectivity index (χ2v) is 7.25. The third kappa shape index (κ3) is 3.55. The number of aryl methyl sites for hydroxylation is 1. The van der Waals surface area contributed by atoms with Crippen LogP contribution in [0.25, 0.3) is 0 Å². The zero-order valence-electron chi connectivity index (χ0n) is 10.8. The monoisotopic (exact) mass is 364 g/mol. The van der Waals surface area contributed by atoms with Gasteiger partial charge in [0.1, 0.15) is 0 Å². The average Bonchev–Trinajstić information content (AvgIpc) is 2.39. The van der Waals surface area contributed by atoms with Crippen molar-refractivity contribution in [2.45, 2.75) is 11.8 Å². The van der Waals surface area contributed by atoms with Crippen molar-refractivity contribution < 1.29 is 8.42 Å². The second-order valence-electron chi connectivity index (χ2n) is 4.38. The number of hydrogen-bond acceptors (Lipinski definition) is 3. The van der Waals surface area contributed by atoms with Crippen LogP contribution in [0.2, 0.25) is 15.1 Å². The van der Waals surface area contributed by atoms with Gasteiger partial charge in [0.05, 0.1) is 31.3 Å². The fourth-order valence-electron chi connectivity index (χ4n) is 1.69. The summed E-state index contributed by atoms with van der Waals surface area (Å²) in [6, 6.07) is 7.18. The molecule has 0 aromatic heterocycles. The Kier molecular flexibility index (Phi) is 4.58. The molecule has 0 heterocycles. The molecule has 0 amide bonds. The Morgan fingerprint density at radius 3 is 2.29 bits per heavy atom. The first-order valence-corrected chi connectivity index (χ1v) is 8.36. The first-order valence-electron chi connectivity index (χ1n) is 5.74. The van der Waals surface area contributed by atoms with E-state index in [0.717, 1.165) is 0 Å². The summed E-state index contributed by atoms with van der Waals surface area (Å²) < 4.78 is 27.1. The molecule has 0 unspecified atom stereocenters. The van der Waals surface area contributed by atoms with Crippen molar-refractivity contribution in [3.8, 4) is 0 Å². The van der Waals surface area contributed by atoms with Gasteiger partial charge in [0, 0.05) is 0 Å². The zero-order chi connectivity index (χ0) is 15.8. The largest absolute Gasteiger partial charge is 0.397 e. The molecule has 0 radical (unpaired) electrons. The number of nitrogens with two attached hydrogens (primary N) is 1. The Balaban J connectivity index is 2.40. The van der Waals surface area contributed by atoms with Gasteiger partial charge in [-0.15, -0.1) is 0 Å². The van der Waals surface area contributed by atoms with Crippen molar-refractivity contribution in [3.63, 3.8) is 0 Å². The van der Waals surface area contributed by atoms with Crippen LogP contribution in [0.4, 0.5) is 11.4 Å². The van der Waals surface area contributed by atoms with Gasteiger partial charge in [0.2, 0.25) is 0 Å². The molecule has 0 saturated carbocycles. The van der Waals surface area contributed by atoms with E-state index in [1.54, 1.807) is 6.92 Å². The van der Waals surface area contributed by atoms with E-state index in [4.69, 9.17) is 40.5 Å². The molecule has 3 N–H and O–H groups in total. The summed E-state index contributed by atoms with van der Waals surface area (Å²) >= 11 is 17.6. The van der Waals surface area contributed by atoms with Gasteiger partial charge >= 0.3 is 0 Å². The standard InChI is InChI=1S/C13H11Cl3N2O2S/c1-7-4-9(6-12(17)13(7)16)21(19,20)18-8-2-3-10(14)11(15)5-8/h2-6,18H,17H2,1H3. The molecule has 0 atom stereocenters. The van der Waals surface area contributed by atoms with Crippen LogP contribution in [0.1, 0.15) is 5.56 Å². The minimum absolute atomic E-state index is 0.0213. The van der Waals surface area contributed by atoms with Gasteiger partial charge in [0.25, 0.3) is 10.0 Å². The summed E-state index contributed by atoms with van der Waals surface area (Å²) in [7, 11) is -3.80. The van der Waals surface area contributed by atoms with Crippen LogP contribution in [0.3, 0.4) is 0 Å². The van der Waals surface area contributed by atoms with Gasteiger partial charge in [-0.05, 0) is 42.8 Å². The summed E-state index contributed by atoms with van der Waals surface area (Å²) in [6.07, 6.45) is 0. The third-order valence-electron chi connectivity index (χ3n) is 2.74. The van der Waals surface area contributed by atoms with Crippen molar-refractivity contribution >= 4 is 56.2 Å². The highest BCUT2D eigenvalue weighted by atomic mass is 35.5.